The van der Waals surface area contributed by atoms with Gasteiger partial charge in [0.25, 0.3) is 0 Å². The van der Waals surface area contributed by atoms with Crippen molar-refractivity contribution in [3.63, 3.8) is 0 Å². The minimum atomic E-state index is -5.02. The topological polar surface area (TPSA) is 40.6 Å². The first-order valence-corrected chi connectivity index (χ1v) is 10.7. The summed E-state index contributed by atoms with van der Waals surface area (Å²) in [6.45, 7) is 0. The van der Waals surface area contributed by atoms with E-state index in [-0.39, 0.29) is 33.4 Å². The third-order valence-corrected chi connectivity index (χ3v) is 5.06. The van der Waals surface area contributed by atoms with Crippen LogP contribution in [0.5, 0.6) is 17.2 Å². The molecule has 13 heteroatoms. The molecule has 0 N–H and O–H groups in total. The highest BCUT2D eigenvalue weighted by Crippen LogP contribution is 2.42. The fourth-order valence-electron chi connectivity index (χ4n) is 3.78. The maximum Gasteiger partial charge on any atom is 0.573 e. The molecule has 0 atom stereocenters. The quantitative estimate of drug-likeness (QED) is 0.222. The zero-order valence-corrected chi connectivity index (χ0v) is 19.2. The van der Waals surface area contributed by atoms with Gasteiger partial charge in [-0.2, -0.15) is 0 Å². The van der Waals surface area contributed by atoms with Crippen LogP contribution < -0.4 is 14.2 Å². The largest absolute Gasteiger partial charge is 0.573 e. The summed E-state index contributed by atoms with van der Waals surface area (Å²) >= 11 is 0. The Labute approximate surface area is 214 Å². The molecule has 1 heterocycles. The second kappa shape index (κ2) is 10.4. The maximum absolute atomic E-state index is 12.9. The van der Waals surface area contributed by atoms with E-state index in [1.165, 1.54) is 48.8 Å². The van der Waals surface area contributed by atoms with Crippen LogP contribution in [0.15, 0.2) is 85.2 Å². The average molecular weight is 559 g/mol. The van der Waals surface area contributed by atoms with Gasteiger partial charge in [0.2, 0.25) is 0 Å². The molecular formula is C26H14F9NO3. The van der Waals surface area contributed by atoms with E-state index < -0.39 is 36.3 Å². The predicted octanol–water partition coefficient (Wildman–Crippen LogP) is 8.78. The minimum Gasteiger partial charge on any atom is -0.406 e. The highest BCUT2D eigenvalue weighted by molar-refractivity contribution is 5.94. The molecule has 0 bridgehead atoms. The molecule has 0 spiro atoms. The van der Waals surface area contributed by atoms with Crippen molar-refractivity contribution in [2.45, 2.75) is 19.1 Å². The summed E-state index contributed by atoms with van der Waals surface area (Å²) in [4.78, 5) is 4.08. The van der Waals surface area contributed by atoms with E-state index in [1.54, 1.807) is 0 Å². The van der Waals surface area contributed by atoms with Crippen molar-refractivity contribution in [1.29, 1.82) is 0 Å². The lowest BCUT2D eigenvalue weighted by Gasteiger charge is -2.18. The standard InChI is InChI=1S/C26H14F9NO3/c27-24(28,29)37-18-7-1-4-15(10-18)21-13-36-14-22(16-5-2-8-19(11-16)38-25(30,31)32)23(21)17-6-3-9-20(12-17)39-26(33,34)35/h1-14H. The number of aromatic nitrogens is 1. The van der Waals surface area contributed by atoms with E-state index in [0.29, 0.717) is 0 Å². The third-order valence-electron chi connectivity index (χ3n) is 5.06. The lowest BCUT2D eigenvalue weighted by molar-refractivity contribution is -0.275. The summed E-state index contributed by atoms with van der Waals surface area (Å²) in [5.74, 6) is -1.76. The van der Waals surface area contributed by atoms with Crippen LogP contribution in [0.25, 0.3) is 33.4 Å². The molecular weight excluding hydrogens is 545 g/mol. The zero-order chi connectivity index (χ0) is 28.4. The summed E-state index contributed by atoms with van der Waals surface area (Å²) in [6, 6.07) is 14.2. The number of hydrogen-bond acceptors (Lipinski definition) is 4. The van der Waals surface area contributed by atoms with Gasteiger partial charge < -0.3 is 14.2 Å². The van der Waals surface area contributed by atoms with Crippen molar-refractivity contribution in [3.8, 4) is 50.6 Å². The number of rotatable bonds is 6. The van der Waals surface area contributed by atoms with Crippen molar-refractivity contribution in [3.05, 3.63) is 85.2 Å². The number of alkyl halides is 9. The Hall–Kier alpha value is -4.42. The van der Waals surface area contributed by atoms with Gasteiger partial charge >= 0.3 is 19.1 Å². The summed E-state index contributed by atoms with van der Waals surface area (Å²) in [6.07, 6.45) is -12.5. The highest BCUT2D eigenvalue weighted by atomic mass is 19.4. The molecule has 204 valence electrons. The van der Waals surface area contributed by atoms with Gasteiger partial charge in [0.15, 0.2) is 0 Å². The van der Waals surface area contributed by atoms with Crippen LogP contribution in [-0.2, 0) is 0 Å². The second-order valence-electron chi connectivity index (χ2n) is 7.84. The first kappa shape index (κ1) is 27.6. The van der Waals surface area contributed by atoms with Crippen LogP contribution in [0, 0.1) is 0 Å². The Kier molecular flexibility index (Phi) is 7.35. The van der Waals surface area contributed by atoms with Crippen molar-refractivity contribution < 1.29 is 53.7 Å². The summed E-state index contributed by atoms with van der Waals surface area (Å²) in [5.41, 5.74) is 0.800. The third kappa shape index (κ3) is 7.55. The maximum atomic E-state index is 12.9. The molecule has 0 aliphatic rings. The van der Waals surface area contributed by atoms with Crippen LogP contribution >= 0.6 is 0 Å². The van der Waals surface area contributed by atoms with E-state index in [2.05, 4.69) is 19.2 Å². The van der Waals surface area contributed by atoms with E-state index in [4.69, 9.17) is 0 Å². The number of halogens is 9. The summed E-state index contributed by atoms with van der Waals surface area (Å²) in [5, 5.41) is 0. The van der Waals surface area contributed by atoms with Gasteiger partial charge in [0.1, 0.15) is 17.2 Å². The molecule has 0 aliphatic carbocycles. The van der Waals surface area contributed by atoms with Gasteiger partial charge in [-0.3, -0.25) is 4.98 Å². The van der Waals surface area contributed by atoms with Gasteiger partial charge in [-0.05, 0) is 53.1 Å². The predicted molar refractivity (Wildman–Crippen MR) is 121 cm³/mol. The van der Waals surface area contributed by atoms with Gasteiger partial charge in [0, 0.05) is 29.1 Å². The Bertz CT molecular complexity index is 1390. The van der Waals surface area contributed by atoms with Crippen LogP contribution in [-0.4, -0.2) is 24.1 Å². The first-order chi connectivity index (χ1) is 18.2. The lowest BCUT2D eigenvalue weighted by Crippen LogP contribution is -2.17. The monoisotopic (exact) mass is 559 g/mol. The Morgan fingerprint density at radius 2 is 0.795 bits per heavy atom. The second-order valence-corrected chi connectivity index (χ2v) is 7.84. The molecule has 0 amide bonds. The molecule has 3 aromatic carbocycles. The van der Waals surface area contributed by atoms with Crippen molar-refractivity contribution in [2.24, 2.45) is 0 Å². The fraction of sp³-hybridized carbons (Fsp3) is 0.115. The molecule has 4 nitrogen and oxygen atoms in total. The number of nitrogens with zero attached hydrogens (tertiary/aromatic N) is 1. The number of benzene rings is 3. The van der Waals surface area contributed by atoms with Crippen molar-refractivity contribution >= 4 is 0 Å². The van der Waals surface area contributed by atoms with E-state index in [0.717, 1.165) is 36.4 Å². The zero-order valence-electron chi connectivity index (χ0n) is 19.2. The van der Waals surface area contributed by atoms with Crippen LogP contribution in [0.3, 0.4) is 0 Å². The van der Waals surface area contributed by atoms with E-state index >= 15 is 0 Å². The number of ether oxygens (including phenoxy) is 3. The average Bonchev–Trinajstić information content (AvgIpc) is 2.81. The normalized spacial score (nSPS) is 12.2. The molecule has 0 saturated carbocycles. The molecule has 0 aliphatic heterocycles. The smallest absolute Gasteiger partial charge is 0.406 e. The summed E-state index contributed by atoms with van der Waals surface area (Å²) < 4.78 is 127. The molecule has 0 fully saturated rings. The number of pyridine rings is 1. The molecule has 39 heavy (non-hydrogen) atoms. The highest BCUT2D eigenvalue weighted by Gasteiger charge is 2.33. The SMILES string of the molecule is FC(F)(F)Oc1cccc(-c2cncc(-c3cccc(OC(F)(F)F)c3)c2-c2cccc(OC(F)(F)F)c2)c1. The van der Waals surface area contributed by atoms with Gasteiger partial charge in [-0.1, -0.05) is 36.4 Å². The molecule has 1 aromatic heterocycles. The van der Waals surface area contributed by atoms with Crippen molar-refractivity contribution in [1.82, 2.24) is 4.98 Å². The van der Waals surface area contributed by atoms with E-state index in [9.17, 15) is 39.5 Å². The lowest BCUT2D eigenvalue weighted by atomic mass is 9.89. The molecule has 0 saturated heterocycles. The summed E-state index contributed by atoms with van der Waals surface area (Å²) in [7, 11) is 0. The Morgan fingerprint density at radius 3 is 1.15 bits per heavy atom. The minimum absolute atomic E-state index is 0.105. The molecule has 0 unspecified atom stereocenters. The van der Waals surface area contributed by atoms with E-state index in [1.807, 2.05) is 0 Å². The van der Waals surface area contributed by atoms with Crippen molar-refractivity contribution in [2.75, 3.05) is 0 Å². The number of hydrogen-bond donors (Lipinski definition) is 0. The van der Waals surface area contributed by atoms with Crippen LogP contribution in [0.2, 0.25) is 0 Å². The van der Waals surface area contributed by atoms with Gasteiger partial charge in [-0.15, -0.1) is 39.5 Å². The van der Waals surface area contributed by atoms with Gasteiger partial charge in [0.05, 0.1) is 0 Å². The molecule has 4 rings (SSSR count). The van der Waals surface area contributed by atoms with Crippen LogP contribution in [0.1, 0.15) is 0 Å². The molecule has 0 radical (unpaired) electrons. The Morgan fingerprint density at radius 1 is 0.462 bits per heavy atom. The van der Waals surface area contributed by atoms with Crippen LogP contribution in [0.4, 0.5) is 39.5 Å². The first-order valence-electron chi connectivity index (χ1n) is 10.7. The Balaban J connectivity index is 1.93. The van der Waals surface area contributed by atoms with Gasteiger partial charge in [-0.25, -0.2) is 0 Å². The fourth-order valence-corrected chi connectivity index (χ4v) is 3.78. The molecule has 4 aromatic rings.